The lowest BCUT2D eigenvalue weighted by Crippen LogP contribution is -2.30. The van der Waals surface area contributed by atoms with Crippen LogP contribution in [0, 0.1) is 0 Å². The molecule has 0 radical (unpaired) electrons. The van der Waals surface area contributed by atoms with E-state index in [-0.39, 0.29) is 44.0 Å². The number of carbonyl (C=O) groups is 3. The quantitative estimate of drug-likeness (QED) is 0.0262. The van der Waals surface area contributed by atoms with Crippen LogP contribution in [0.1, 0.15) is 226 Å². The molecule has 0 N–H and O–H groups in total. The first-order valence-electron chi connectivity index (χ1n) is 27.0. The summed E-state index contributed by atoms with van der Waals surface area (Å²) in [5.74, 6) is -1.07. The normalized spacial score (nSPS) is 13.1. The van der Waals surface area contributed by atoms with Gasteiger partial charge in [0, 0.05) is 19.3 Å². The maximum atomic E-state index is 12.8. The van der Waals surface area contributed by atoms with Crippen LogP contribution in [-0.4, -0.2) is 37.2 Å². The first kappa shape index (κ1) is 62.8. The van der Waals surface area contributed by atoms with Crippen LogP contribution in [0.5, 0.6) is 0 Å². The highest BCUT2D eigenvalue weighted by atomic mass is 16.6. The summed E-state index contributed by atoms with van der Waals surface area (Å²) < 4.78 is 16.7. The average molecular weight is 927 g/mol. The van der Waals surface area contributed by atoms with Gasteiger partial charge in [-0.05, 0) is 116 Å². The maximum Gasteiger partial charge on any atom is 0.306 e. The Hall–Kier alpha value is -4.19. The van der Waals surface area contributed by atoms with Crippen molar-refractivity contribution in [2.75, 3.05) is 13.2 Å². The molecular formula is C61H98O6. The van der Waals surface area contributed by atoms with Crippen LogP contribution in [0.15, 0.2) is 122 Å². The Morgan fingerprint density at radius 3 is 1.07 bits per heavy atom. The molecule has 0 spiro atoms. The molecule has 6 heteroatoms. The third-order valence-electron chi connectivity index (χ3n) is 10.9. The van der Waals surface area contributed by atoms with Crippen molar-refractivity contribution in [2.24, 2.45) is 0 Å². The molecule has 0 aliphatic carbocycles. The lowest BCUT2D eigenvalue weighted by atomic mass is 10.1. The summed E-state index contributed by atoms with van der Waals surface area (Å²) in [6, 6.07) is 0. The predicted octanol–water partition coefficient (Wildman–Crippen LogP) is 18.1. The Labute approximate surface area is 412 Å². The fourth-order valence-corrected chi connectivity index (χ4v) is 6.89. The Balaban J connectivity index is 4.56. The van der Waals surface area contributed by atoms with Gasteiger partial charge in [-0.25, -0.2) is 0 Å². The molecule has 0 heterocycles. The van der Waals surface area contributed by atoms with E-state index in [4.69, 9.17) is 14.2 Å². The molecule has 0 fully saturated rings. The van der Waals surface area contributed by atoms with Crippen LogP contribution in [0.4, 0.5) is 0 Å². The molecule has 0 aromatic carbocycles. The summed E-state index contributed by atoms with van der Waals surface area (Å²) >= 11 is 0. The molecule has 0 saturated heterocycles. The molecule has 0 amide bonds. The van der Waals surface area contributed by atoms with Crippen LogP contribution in [-0.2, 0) is 28.6 Å². The third kappa shape index (κ3) is 52.6. The van der Waals surface area contributed by atoms with E-state index in [9.17, 15) is 14.4 Å². The first-order chi connectivity index (χ1) is 33.0. The highest BCUT2D eigenvalue weighted by Gasteiger charge is 2.19. The summed E-state index contributed by atoms with van der Waals surface area (Å²) in [6.07, 6.45) is 74.8. The lowest BCUT2D eigenvalue weighted by Gasteiger charge is -2.18. The van der Waals surface area contributed by atoms with Crippen molar-refractivity contribution < 1.29 is 28.6 Å². The fourth-order valence-electron chi connectivity index (χ4n) is 6.89. The van der Waals surface area contributed by atoms with Crippen molar-refractivity contribution in [3.05, 3.63) is 122 Å². The van der Waals surface area contributed by atoms with Gasteiger partial charge in [0.2, 0.25) is 0 Å². The van der Waals surface area contributed by atoms with Crippen molar-refractivity contribution in [3.8, 4) is 0 Å². The van der Waals surface area contributed by atoms with Crippen molar-refractivity contribution in [2.45, 2.75) is 232 Å². The van der Waals surface area contributed by atoms with Gasteiger partial charge in [0.1, 0.15) is 13.2 Å². The number of allylic oxidation sites excluding steroid dienone is 20. The molecule has 0 bridgehead atoms. The average Bonchev–Trinajstić information content (AvgIpc) is 3.33. The van der Waals surface area contributed by atoms with Crippen LogP contribution in [0.3, 0.4) is 0 Å². The van der Waals surface area contributed by atoms with Gasteiger partial charge in [0.25, 0.3) is 0 Å². The van der Waals surface area contributed by atoms with Gasteiger partial charge in [-0.3, -0.25) is 14.4 Å². The van der Waals surface area contributed by atoms with Crippen LogP contribution in [0.25, 0.3) is 0 Å². The van der Waals surface area contributed by atoms with Crippen molar-refractivity contribution in [1.82, 2.24) is 0 Å². The number of rotatable bonds is 47. The molecule has 1 atom stereocenters. The second-order valence-corrected chi connectivity index (χ2v) is 17.4. The highest BCUT2D eigenvalue weighted by Crippen LogP contribution is 2.12. The van der Waals surface area contributed by atoms with Crippen LogP contribution in [0.2, 0.25) is 0 Å². The van der Waals surface area contributed by atoms with E-state index in [2.05, 4.69) is 136 Å². The van der Waals surface area contributed by atoms with Gasteiger partial charge < -0.3 is 14.2 Å². The Bertz CT molecular complexity index is 1440. The Morgan fingerprint density at radius 1 is 0.313 bits per heavy atom. The van der Waals surface area contributed by atoms with E-state index in [1.165, 1.54) is 77.0 Å². The first-order valence-corrected chi connectivity index (χ1v) is 27.0. The largest absolute Gasteiger partial charge is 0.462 e. The fraction of sp³-hybridized carbons (Fsp3) is 0.623. The number of ether oxygens (including phenoxy) is 3. The Morgan fingerprint density at radius 2 is 0.627 bits per heavy atom. The lowest BCUT2D eigenvalue weighted by molar-refractivity contribution is -0.166. The van der Waals surface area contributed by atoms with Crippen molar-refractivity contribution >= 4 is 17.9 Å². The molecule has 0 aliphatic heterocycles. The summed E-state index contributed by atoms with van der Waals surface area (Å²) in [4.78, 5) is 38.0. The van der Waals surface area contributed by atoms with Crippen molar-refractivity contribution in [1.29, 1.82) is 0 Å². The zero-order valence-electron chi connectivity index (χ0n) is 43.1. The molecule has 67 heavy (non-hydrogen) atoms. The van der Waals surface area contributed by atoms with E-state index in [0.717, 1.165) is 96.3 Å². The minimum Gasteiger partial charge on any atom is -0.462 e. The molecule has 378 valence electrons. The maximum absolute atomic E-state index is 12.8. The standard InChI is InChI=1S/C61H98O6/c1-4-7-10-13-16-19-22-25-27-29-30-32-33-36-39-42-45-48-51-54-60(63)66-57-58(56-65-59(62)53-50-47-44-41-38-35-24-21-18-15-12-9-6-3)67-61(64)55-52-49-46-43-40-37-34-31-28-26-23-20-17-14-11-8-5-2/h7,10,16-17,19-20,25-28,30,32,34-35,37-38,43-44,46-47,58H,4-6,8-9,11-15,18,21-24,29,31,33,36,39-42,45,48-57H2,1-3H3/b10-7+,19-16+,20-17+,27-25+,28-26+,32-30+,37-34+,38-35+,46-43+,47-44+. The molecule has 0 aromatic rings. The minimum atomic E-state index is -0.838. The number of unbranched alkanes of at least 4 members (excludes halogenated alkanes) is 16. The molecule has 0 rings (SSSR count). The topological polar surface area (TPSA) is 78.9 Å². The summed E-state index contributed by atoms with van der Waals surface area (Å²) in [7, 11) is 0. The zero-order valence-corrected chi connectivity index (χ0v) is 43.1. The van der Waals surface area contributed by atoms with Gasteiger partial charge in [0.15, 0.2) is 6.10 Å². The minimum absolute atomic E-state index is 0.128. The molecule has 1 unspecified atom stereocenters. The molecule has 6 nitrogen and oxygen atoms in total. The SMILES string of the molecule is CC/C=C/C/C=C/C/C=C/C/C=C/CCCCCCCCC(=O)OCC(COC(=O)CC/C=C/C/C=C/CCCCCCCC)OC(=O)CCC/C=C/C/C=C/C/C=C/C/C=C/CCCCC. The number of hydrogen-bond donors (Lipinski definition) is 0. The third-order valence-corrected chi connectivity index (χ3v) is 10.9. The second kappa shape index (κ2) is 54.4. The van der Waals surface area contributed by atoms with E-state index in [1.807, 2.05) is 6.08 Å². The monoisotopic (exact) mass is 927 g/mol. The van der Waals surface area contributed by atoms with E-state index in [0.29, 0.717) is 19.3 Å². The van der Waals surface area contributed by atoms with Gasteiger partial charge in [-0.15, -0.1) is 0 Å². The van der Waals surface area contributed by atoms with Crippen molar-refractivity contribution in [3.63, 3.8) is 0 Å². The van der Waals surface area contributed by atoms with Crippen LogP contribution < -0.4 is 0 Å². The predicted molar refractivity (Wildman–Crippen MR) is 288 cm³/mol. The molecule has 0 aromatic heterocycles. The smallest absolute Gasteiger partial charge is 0.306 e. The summed E-state index contributed by atoms with van der Waals surface area (Å²) in [5, 5.41) is 0. The zero-order chi connectivity index (χ0) is 48.6. The van der Waals surface area contributed by atoms with E-state index in [1.54, 1.807) is 0 Å². The van der Waals surface area contributed by atoms with E-state index >= 15 is 0 Å². The molecule has 0 aliphatic rings. The summed E-state index contributed by atoms with van der Waals surface area (Å²) in [6.45, 7) is 6.36. The second-order valence-electron chi connectivity index (χ2n) is 17.4. The van der Waals surface area contributed by atoms with Gasteiger partial charge in [-0.2, -0.15) is 0 Å². The molecular weight excluding hydrogens is 829 g/mol. The number of esters is 3. The van der Waals surface area contributed by atoms with Gasteiger partial charge in [-0.1, -0.05) is 213 Å². The van der Waals surface area contributed by atoms with Crippen LogP contribution >= 0.6 is 0 Å². The van der Waals surface area contributed by atoms with Gasteiger partial charge >= 0.3 is 17.9 Å². The highest BCUT2D eigenvalue weighted by molar-refractivity contribution is 5.71. The van der Waals surface area contributed by atoms with E-state index < -0.39 is 6.10 Å². The summed E-state index contributed by atoms with van der Waals surface area (Å²) in [5.41, 5.74) is 0. The molecule has 0 saturated carbocycles. The van der Waals surface area contributed by atoms with Gasteiger partial charge in [0.05, 0.1) is 0 Å². The Kier molecular flexibility index (Phi) is 51.0. The number of hydrogen-bond acceptors (Lipinski definition) is 6. The number of carbonyl (C=O) groups excluding carboxylic acids is 3.